The predicted molar refractivity (Wildman–Crippen MR) is 138 cm³/mol. The van der Waals surface area contributed by atoms with Gasteiger partial charge in [0.2, 0.25) is 5.95 Å². The number of benzene rings is 3. The van der Waals surface area contributed by atoms with E-state index in [4.69, 9.17) is 11.6 Å². The highest BCUT2D eigenvalue weighted by molar-refractivity contribution is 6.30. The van der Waals surface area contributed by atoms with E-state index < -0.39 is 10.8 Å². The third kappa shape index (κ3) is 5.01. The van der Waals surface area contributed by atoms with Crippen LogP contribution in [0.5, 0.6) is 0 Å². The molecule has 178 valence electrons. The van der Waals surface area contributed by atoms with Crippen LogP contribution in [0.2, 0.25) is 5.02 Å². The highest BCUT2D eigenvalue weighted by Gasteiger charge is 2.25. The Morgan fingerprint density at radius 2 is 1.86 bits per heavy atom. The second-order valence-corrected chi connectivity index (χ2v) is 8.38. The zero-order valence-corrected chi connectivity index (χ0v) is 19.5. The molecule has 0 saturated carbocycles. The van der Waals surface area contributed by atoms with E-state index in [1.807, 2.05) is 60.7 Å². The Morgan fingerprint density at radius 3 is 2.61 bits per heavy atom. The summed E-state index contributed by atoms with van der Waals surface area (Å²) in [7, 11) is 0. The van der Waals surface area contributed by atoms with Crippen molar-refractivity contribution in [1.29, 1.82) is 0 Å². The van der Waals surface area contributed by atoms with Crippen LogP contribution in [0.4, 0.5) is 17.6 Å². The summed E-state index contributed by atoms with van der Waals surface area (Å²) >= 11 is 6.09. The van der Waals surface area contributed by atoms with Gasteiger partial charge in [0.05, 0.1) is 4.92 Å². The van der Waals surface area contributed by atoms with Gasteiger partial charge in [-0.2, -0.15) is 4.98 Å². The monoisotopic (exact) mass is 498 g/mol. The molecule has 0 unspecified atom stereocenters. The Labute approximate surface area is 210 Å². The number of rotatable bonds is 6. The van der Waals surface area contributed by atoms with Gasteiger partial charge < -0.3 is 5.32 Å². The van der Waals surface area contributed by atoms with Crippen LogP contribution < -0.4 is 10.6 Å². The van der Waals surface area contributed by atoms with Crippen LogP contribution >= 0.6 is 11.6 Å². The number of anilines is 2. The van der Waals surface area contributed by atoms with Gasteiger partial charge in [-0.1, -0.05) is 66.2 Å². The van der Waals surface area contributed by atoms with Crippen LogP contribution in [0, 0.1) is 10.1 Å². The van der Waals surface area contributed by atoms with Gasteiger partial charge in [-0.05, 0) is 41.0 Å². The summed E-state index contributed by atoms with van der Waals surface area (Å²) < 4.78 is 1.69. The molecule has 10 heteroatoms. The van der Waals surface area contributed by atoms with Crippen molar-refractivity contribution in [2.24, 2.45) is 0 Å². The highest BCUT2D eigenvalue weighted by atomic mass is 35.5. The third-order valence-electron chi connectivity index (χ3n) is 5.51. The van der Waals surface area contributed by atoms with Crippen LogP contribution in [-0.2, 0) is 4.79 Å². The molecule has 36 heavy (non-hydrogen) atoms. The fraction of sp³-hybridized carbons (Fsp3) is 0.0385. The lowest BCUT2D eigenvalue weighted by Crippen LogP contribution is -2.20. The molecule has 0 radical (unpaired) electrons. The maximum atomic E-state index is 12.5. The lowest BCUT2D eigenvalue weighted by Gasteiger charge is -2.24. The molecule has 0 spiro atoms. The number of amides is 1. The van der Waals surface area contributed by atoms with Gasteiger partial charge in [-0.3, -0.25) is 20.2 Å². The zero-order valence-electron chi connectivity index (χ0n) is 18.7. The number of hydrogen-bond acceptors (Lipinski definition) is 6. The normalized spacial score (nSPS) is 14.6. The molecular weight excluding hydrogens is 480 g/mol. The Balaban J connectivity index is 1.40. The van der Waals surface area contributed by atoms with Gasteiger partial charge in [0.15, 0.2) is 0 Å². The molecule has 0 bridgehead atoms. The number of nitrogens with one attached hydrogen (secondary N) is 2. The number of fused-ring (bicyclic) bond motifs is 1. The first kappa shape index (κ1) is 23.0. The fourth-order valence-electron chi connectivity index (χ4n) is 3.80. The largest absolute Gasteiger partial charge is 0.324 e. The summed E-state index contributed by atoms with van der Waals surface area (Å²) in [6, 6.07) is 23.0. The van der Waals surface area contributed by atoms with Crippen LogP contribution in [0.1, 0.15) is 22.7 Å². The van der Waals surface area contributed by atoms with Gasteiger partial charge in [0.1, 0.15) is 6.04 Å². The van der Waals surface area contributed by atoms with Gasteiger partial charge >= 0.3 is 0 Å². The maximum Gasteiger partial charge on any atom is 0.270 e. The van der Waals surface area contributed by atoms with E-state index in [-0.39, 0.29) is 17.7 Å². The van der Waals surface area contributed by atoms with Gasteiger partial charge in [-0.15, -0.1) is 5.10 Å². The molecule has 5 rings (SSSR count). The average molecular weight is 499 g/mol. The molecule has 9 nitrogen and oxygen atoms in total. The minimum absolute atomic E-state index is 0.0537. The van der Waals surface area contributed by atoms with Gasteiger partial charge in [0, 0.05) is 28.9 Å². The SMILES string of the molecule is O=C(/C=C/c1cccc([N+](=O)[O-])c1)Nc1nc2n(n1)[C@H](c1ccc(Cl)cc1)C=C(c1ccccc1)N2. The number of nitro benzene ring substituents is 1. The van der Waals surface area contributed by atoms with E-state index in [2.05, 4.69) is 20.7 Å². The number of non-ortho nitro benzene ring substituents is 1. The van der Waals surface area contributed by atoms with Crippen molar-refractivity contribution in [3.05, 3.63) is 123 Å². The number of aromatic nitrogens is 3. The minimum Gasteiger partial charge on any atom is -0.324 e. The molecule has 1 aliphatic heterocycles. The van der Waals surface area contributed by atoms with E-state index in [0.29, 0.717) is 16.5 Å². The Kier molecular flexibility index (Phi) is 6.29. The van der Waals surface area contributed by atoms with Crippen molar-refractivity contribution in [2.75, 3.05) is 10.6 Å². The quantitative estimate of drug-likeness (QED) is 0.205. The highest BCUT2D eigenvalue weighted by Crippen LogP contribution is 2.33. The molecule has 4 aromatic rings. The van der Waals surface area contributed by atoms with E-state index in [1.165, 1.54) is 24.3 Å². The van der Waals surface area contributed by atoms with Crippen LogP contribution in [0.3, 0.4) is 0 Å². The van der Waals surface area contributed by atoms with Crippen molar-refractivity contribution >= 4 is 46.9 Å². The molecule has 3 aromatic carbocycles. The van der Waals surface area contributed by atoms with Gasteiger partial charge in [0.25, 0.3) is 17.5 Å². The van der Waals surface area contributed by atoms with Crippen LogP contribution in [-0.4, -0.2) is 25.6 Å². The maximum absolute atomic E-state index is 12.5. The summed E-state index contributed by atoms with van der Waals surface area (Å²) in [6.07, 6.45) is 4.80. The third-order valence-corrected chi connectivity index (χ3v) is 5.76. The summed E-state index contributed by atoms with van der Waals surface area (Å²) in [6.45, 7) is 0. The standard InChI is InChI=1S/C26H19ClN6O3/c27-20-12-10-19(11-13-20)23-16-22(18-6-2-1-3-7-18)28-26-30-25(31-32(23)26)29-24(34)14-9-17-5-4-8-21(15-17)33(35)36/h1-16,23H,(H2,28,29,30,31,34)/b14-9+/t23-/m0/s1. The topological polar surface area (TPSA) is 115 Å². The fourth-order valence-corrected chi connectivity index (χ4v) is 3.92. The first-order chi connectivity index (χ1) is 17.5. The Morgan fingerprint density at radius 1 is 1.08 bits per heavy atom. The van der Waals surface area contributed by atoms with E-state index >= 15 is 0 Å². The molecule has 1 aliphatic rings. The van der Waals surface area contributed by atoms with Crippen molar-refractivity contribution in [3.8, 4) is 0 Å². The number of nitrogens with zero attached hydrogens (tertiary/aromatic N) is 4. The lowest BCUT2D eigenvalue weighted by molar-refractivity contribution is -0.384. The smallest absolute Gasteiger partial charge is 0.270 e. The molecule has 1 amide bonds. The molecule has 1 aromatic heterocycles. The number of hydrogen-bond donors (Lipinski definition) is 2. The number of halogens is 1. The summed E-state index contributed by atoms with van der Waals surface area (Å²) in [4.78, 5) is 27.5. The number of carbonyl (C=O) groups excluding carboxylic acids is 1. The first-order valence-electron chi connectivity index (χ1n) is 11.0. The summed E-state index contributed by atoms with van der Waals surface area (Å²) in [5, 5.41) is 22.0. The second kappa shape index (κ2) is 9.85. The van der Waals surface area contributed by atoms with E-state index in [0.717, 1.165) is 16.8 Å². The summed E-state index contributed by atoms with van der Waals surface area (Å²) in [5.41, 5.74) is 3.26. The lowest BCUT2D eigenvalue weighted by atomic mass is 10.0. The number of nitro groups is 1. The molecule has 0 fully saturated rings. The molecule has 1 atom stereocenters. The van der Waals surface area contributed by atoms with Crippen molar-refractivity contribution in [1.82, 2.24) is 14.8 Å². The molecule has 2 heterocycles. The van der Waals surface area contributed by atoms with E-state index in [1.54, 1.807) is 16.8 Å². The van der Waals surface area contributed by atoms with Crippen molar-refractivity contribution < 1.29 is 9.72 Å². The zero-order chi connectivity index (χ0) is 25.1. The minimum atomic E-state index is -0.487. The molecule has 0 aliphatic carbocycles. The molecule has 2 N–H and O–H groups in total. The van der Waals surface area contributed by atoms with E-state index in [9.17, 15) is 14.9 Å². The number of carbonyl (C=O) groups is 1. The Bertz CT molecular complexity index is 1500. The van der Waals surface area contributed by atoms with Gasteiger partial charge in [-0.25, -0.2) is 4.68 Å². The average Bonchev–Trinajstić information content (AvgIpc) is 3.30. The van der Waals surface area contributed by atoms with Crippen LogP contribution in [0.15, 0.2) is 91.0 Å². The van der Waals surface area contributed by atoms with Crippen LogP contribution in [0.25, 0.3) is 11.8 Å². The first-order valence-corrected chi connectivity index (χ1v) is 11.3. The Hall–Kier alpha value is -4.76. The summed E-state index contributed by atoms with van der Waals surface area (Å²) in [5.74, 6) is 0.117. The number of allylic oxidation sites excluding steroid dienone is 1. The van der Waals surface area contributed by atoms with Crippen molar-refractivity contribution in [3.63, 3.8) is 0 Å². The predicted octanol–water partition coefficient (Wildman–Crippen LogP) is 5.55. The second-order valence-electron chi connectivity index (χ2n) is 7.95. The van der Waals surface area contributed by atoms with Crippen molar-refractivity contribution in [2.45, 2.75) is 6.04 Å². The molecule has 0 saturated heterocycles. The molecular formula is C26H19ClN6O3.